The first kappa shape index (κ1) is 11.4. The van der Waals surface area contributed by atoms with Gasteiger partial charge in [0, 0.05) is 24.9 Å². The van der Waals surface area contributed by atoms with E-state index in [1.54, 1.807) is 0 Å². The summed E-state index contributed by atoms with van der Waals surface area (Å²) >= 11 is 0. The lowest BCUT2D eigenvalue weighted by Gasteiger charge is -2.40. The molecule has 0 aromatic carbocycles. The van der Waals surface area contributed by atoms with Gasteiger partial charge in [0.05, 0.1) is 13.2 Å². The number of nitrogens with zero attached hydrogens (tertiary/aromatic N) is 1. The second-order valence-corrected chi connectivity index (χ2v) is 5.10. The Labute approximate surface area is 92.7 Å². The maximum atomic E-state index is 5.73. The monoisotopic (exact) mass is 213 g/mol. The average Bonchev–Trinajstić information content (AvgIpc) is 2.67. The van der Waals surface area contributed by atoms with Gasteiger partial charge in [-0.3, -0.25) is 0 Å². The Morgan fingerprint density at radius 1 is 1.13 bits per heavy atom. The summed E-state index contributed by atoms with van der Waals surface area (Å²) in [5.41, 5.74) is 0. The van der Waals surface area contributed by atoms with Crippen LogP contribution in [0.3, 0.4) is 0 Å². The van der Waals surface area contributed by atoms with Gasteiger partial charge in [-0.1, -0.05) is 0 Å². The zero-order chi connectivity index (χ0) is 10.9. The van der Waals surface area contributed by atoms with E-state index in [0.29, 0.717) is 12.1 Å². The molecule has 3 heteroatoms. The first-order chi connectivity index (χ1) is 7.13. The Morgan fingerprint density at radius 3 is 2.13 bits per heavy atom. The normalized spacial score (nSPS) is 27.0. The number of rotatable bonds is 2. The molecular formula is C12H23NO2. The molecule has 0 radical (unpaired) electrons. The van der Waals surface area contributed by atoms with Crippen LogP contribution >= 0.6 is 0 Å². The lowest BCUT2D eigenvalue weighted by molar-refractivity contribution is -0.184. The molecule has 3 nitrogen and oxygen atoms in total. The van der Waals surface area contributed by atoms with Crippen molar-refractivity contribution in [2.45, 2.75) is 57.4 Å². The fraction of sp³-hybridized carbons (Fsp3) is 1.00. The third-order valence-electron chi connectivity index (χ3n) is 3.92. The molecule has 0 atom stereocenters. The molecule has 1 saturated heterocycles. The van der Waals surface area contributed by atoms with Gasteiger partial charge in [-0.05, 0) is 33.7 Å². The molecule has 0 bridgehead atoms. The highest BCUT2D eigenvalue weighted by Gasteiger charge is 2.41. The van der Waals surface area contributed by atoms with Gasteiger partial charge >= 0.3 is 0 Å². The Hall–Kier alpha value is -0.120. The van der Waals surface area contributed by atoms with Crippen LogP contribution in [0.4, 0.5) is 0 Å². The van der Waals surface area contributed by atoms with E-state index in [-0.39, 0.29) is 5.79 Å². The lowest BCUT2D eigenvalue weighted by atomic mass is 9.89. The van der Waals surface area contributed by atoms with Crippen LogP contribution in [0, 0.1) is 0 Å². The molecule has 1 aliphatic carbocycles. The summed E-state index contributed by atoms with van der Waals surface area (Å²) in [6.45, 7) is 6.08. The minimum Gasteiger partial charge on any atom is -0.348 e. The predicted molar refractivity (Wildman–Crippen MR) is 59.8 cm³/mol. The van der Waals surface area contributed by atoms with Gasteiger partial charge in [-0.2, -0.15) is 0 Å². The summed E-state index contributed by atoms with van der Waals surface area (Å²) in [4.78, 5) is 2.47. The van der Waals surface area contributed by atoms with Crippen LogP contribution in [0.5, 0.6) is 0 Å². The van der Waals surface area contributed by atoms with E-state index in [0.717, 1.165) is 26.1 Å². The summed E-state index contributed by atoms with van der Waals surface area (Å²) in [7, 11) is 2.23. The van der Waals surface area contributed by atoms with Crippen molar-refractivity contribution >= 4 is 0 Å². The molecule has 0 unspecified atom stereocenters. The molecule has 1 heterocycles. The van der Waals surface area contributed by atoms with Gasteiger partial charge in [-0.15, -0.1) is 0 Å². The number of hydrogen-bond acceptors (Lipinski definition) is 3. The fourth-order valence-electron chi connectivity index (χ4n) is 2.66. The van der Waals surface area contributed by atoms with Crippen molar-refractivity contribution in [1.29, 1.82) is 0 Å². The van der Waals surface area contributed by atoms with Crippen LogP contribution in [-0.2, 0) is 9.47 Å². The van der Waals surface area contributed by atoms with E-state index in [2.05, 4.69) is 25.8 Å². The largest absolute Gasteiger partial charge is 0.348 e. The summed E-state index contributed by atoms with van der Waals surface area (Å²) in [5.74, 6) is -0.200. The van der Waals surface area contributed by atoms with Crippen molar-refractivity contribution < 1.29 is 9.47 Å². The maximum Gasteiger partial charge on any atom is 0.168 e. The summed E-state index contributed by atoms with van der Waals surface area (Å²) in [6.07, 6.45) is 4.53. The van der Waals surface area contributed by atoms with Crippen LogP contribution in [0.1, 0.15) is 39.5 Å². The molecule has 1 aliphatic heterocycles. The van der Waals surface area contributed by atoms with Gasteiger partial charge in [-0.25, -0.2) is 0 Å². The van der Waals surface area contributed by atoms with E-state index in [1.165, 1.54) is 12.8 Å². The fourth-order valence-corrected chi connectivity index (χ4v) is 2.66. The van der Waals surface area contributed by atoms with Crippen molar-refractivity contribution in [2.75, 3.05) is 20.3 Å². The van der Waals surface area contributed by atoms with Gasteiger partial charge in [0.1, 0.15) is 0 Å². The standard InChI is InChI=1S/C12H23NO2/c1-10(2)13(3)11-4-6-12(7-5-11)14-8-9-15-12/h10-11H,4-9H2,1-3H3. The van der Waals surface area contributed by atoms with Gasteiger partial charge in [0.15, 0.2) is 5.79 Å². The minimum absolute atomic E-state index is 0.200. The van der Waals surface area contributed by atoms with Crippen molar-refractivity contribution in [3.63, 3.8) is 0 Å². The summed E-state index contributed by atoms with van der Waals surface area (Å²) in [5, 5.41) is 0. The SMILES string of the molecule is CC(C)N(C)C1CCC2(CC1)OCCO2. The van der Waals surface area contributed by atoms with E-state index in [4.69, 9.17) is 9.47 Å². The molecule has 15 heavy (non-hydrogen) atoms. The molecule has 0 amide bonds. The highest BCUT2D eigenvalue weighted by Crippen LogP contribution is 2.37. The molecule has 2 aliphatic rings. The molecule has 88 valence electrons. The first-order valence-electron chi connectivity index (χ1n) is 6.13. The van der Waals surface area contributed by atoms with E-state index >= 15 is 0 Å². The summed E-state index contributed by atoms with van der Waals surface area (Å²) in [6, 6.07) is 1.35. The second-order valence-electron chi connectivity index (χ2n) is 5.10. The topological polar surface area (TPSA) is 21.7 Å². The lowest BCUT2D eigenvalue weighted by Crippen LogP contribution is -2.44. The zero-order valence-corrected chi connectivity index (χ0v) is 10.2. The maximum absolute atomic E-state index is 5.73. The Bertz CT molecular complexity index is 202. The second kappa shape index (κ2) is 4.40. The highest BCUT2D eigenvalue weighted by molar-refractivity contribution is 4.86. The first-order valence-corrected chi connectivity index (χ1v) is 6.13. The quantitative estimate of drug-likeness (QED) is 0.700. The minimum atomic E-state index is -0.200. The van der Waals surface area contributed by atoms with Crippen LogP contribution in [-0.4, -0.2) is 43.0 Å². The van der Waals surface area contributed by atoms with Crippen LogP contribution in [0.2, 0.25) is 0 Å². The van der Waals surface area contributed by atoms with Crippen molar-refractivity contribution in [2.24, 2.45) is 0 Å². The third kappa shape index (κ3) is 2.35. The summed E-state index contributed by atoms with van der Waals surface area (Å²) < 4.78 is 11.5. The molecule has 0 aromatic rings. The van der Waals surface area contributed by atoms with Crippen LogP contribution in [0.15, 0.2) is 0 Å². The molecular weight excluding hydrogens is 190 g/mol. The average molecular weight is 213 g/mol. The number of hydrogen-bond donors (Lipinski definition) is 0. The molecule has 1 saturated carbocycles. The Kier molecular flexibility index (Phi) is 3.33. The van der Waals surface area contributed by atoms with Crippen molar-refractivity contribution in [1.82, 2.24) is 4.90 Å². The third-order valence-corrected chi connectivity index (χ3v) is 3.92. The molecule has 2 rings (SSSR count). The van der Waals surface area contributed by atoms with E-state index in [1.807, 2.05) is 0 Å². The van der Waals surface area contributed by atoms with Crippen LogP contribution in [0.25, 0.3) is 0 Å². The Balaban J connectivity index is 1.86. The van der Waals surface area contributed by atoms with Gasteiger partial charge < -0.3 is 14.4 Å². The molecule has 2 fully saturated rings. The van der Waals surface area contributed by atoms with Gasteiger partial charge in [0.25, 0.3) is 0 Å². The predicted octanol–water partition coefficient (Wildman–Crippen LogP) is 2.01. The number of ether oxygens (including phenoxy) is 2. The van der Waals surface area contributed by atoms with Crippen molar-refractivity contribution in [3.05, 3.63) is 0 Å². The zero-order valence-electron chi connectivity index (χ0n) is 10.2. The van der Waals surface area contributed by atoms with Crippen molar-refractivity contribution in [3.8, 4) is 0 Å². The van der Waals surface area contributed by atoms with Gasteiger partial charge in [0.2, 0.25) is 0 Å². The van der Waals surface area contributed by atoms with E-state index < -0.39 is 0 Å². The molecule has 1 spiro atoms. The smallest absolute Gasteiger partial charge is 0.168 e. The molecule has 0 N–H and O–H groups in total. The Morgan fingerprint density at radius 2 is 1.67 bits per heavy atom. The molecule has 0 aromatic heterocycles. The van der Waals surface area contributed by atoms with E-state index in [9.17, 15) is 0 Å². The highest BCUT2D eigenvalue weighted by atomic mass is 16.7. The van der Waals surface area contributed by atoms with Crippen LogP contribution < -0.4 is 0 Å².